The smallest absolute Gasteiger partial charge is 0.0900 e. The van der Waals surface area contributed by atoms with E-state index in [4.69, 9.17) is 4.74 Å². The van der Waals surface area contributed by atoms with Crippen LogP contribution >= 0.6 is 0 Å². The fourth-order valence-corrected chi connectivity index (χ4v) is 2.13. The van der Waals surface area contributed by atoms with Gasteiger partial charge in [0.1, 0.15) is 0 Å². The molecule has 1 fully saturated rings. The van der Waals surface area contributed by atoms with Crippen molar-refractivity contribution in [1.29, 1.82) is 0 Å². The highest BCUT2D eigenvalue weighted by Crippen LogP contribution is 2.16. The first-order chi connectivity index (χ1) is 8.06. The normalized spacial score (nSPS) is 22.6. The zero-order valence-electron chi connectivity index (χ0n) is 11.5. The average Bonchev–Trinajstić information content (AvgIpc) is 2.27. The average molecular weight is 244 g/mol. The molecule has 1 saturated heterocycles. The molecule has 0 saturated carbocycles. The Balaban J connectivity index is 2.22. The highest BCUT2D eigenvalue weighted by atomic mass is 16.5. The van der Waals surface area contributed by atoms with Crippen LogP contribution in [0.3, 0.4) is 0 Å². The molecule has 0 bridgehead atoms. The van der Waals surface area contributed by atoms with E-state index in [2.05, 4.69) is 31.0 Å². The number of β-amino-alcohol motifs (C(OH)–C–C–N with tert-alkyl or cyclic N) is 1. The van der Waals surface area contributed by atoms with Gasteiger partial charge in [0.15, 0.2) is 0 Å². The second-order valence-corrected chi connectivity index (χ2v) is 5.52. The van der Waals surface area contributed by atoms with Crippen molar-refractivity contribution in [3.05, 3.63) is 0 Å². The van der Waals surface area contributed by atoms with Crippen LogP contribution in [0.15, 0.2) is 0 Å². The summed E-state index contributed by atoms with van der Waals surface area (Å²) in [5, 5.41) is 13.3. The summed E-state index contributed by atoms with van der Waals surface area (Å²) in [5.74, 6) is 0. The number of piperazine rings is 1. The van der Waals surface area contributed by atoms with Gasteiger partial charge in [-0.25, -0.2) is 0 Å². The summed E-state index contributed by atoms with van der Waals surface area (Å²) >= 11 is 0. The van der Waals surface area contributed by atoms with E-state index < -0.39 is 0 Å². The molecule has 102 valence electrons. The Morgan fingerprint density at radius 3 is 2.88 bits per heavy atom. The third-order valence-corrected chi connectivity index (χ3v) is 3.36. The first-order valence-corrected chi connectivity index (χ1v) is 6.78. The minimum absolute atomic E-state index is 0.128. The molecular formula is C13H28N2O2. The minimum Gasteiger partial charge on any atom is -0.389 e. The predicted octanol–water partition coefficient (Wildman–Crippen LogP) is 0.848. The molecule has 1 aliphatic heterocycles. The molecule has 0 aromatic rings. The summed E-state index contributed by atoms with van der Waals surface area (Å²) in [6, 6.07) is 0. The molecule has 0 spiro atoms. The van der Waals surface area contributed by atoms with Crippen LogP contribution < -0.4 is 5.32 Å². The monoisotopic (exact) mass is 244 g/mol. The Bertz CT molecular complexity index is 210. The van der Waals surface area contributed by atoms with E-state index in [0.717, 1.165) is 39.1 Å². The number of hydrogen-bond donors (Lipinski definition) is 2. The van der Waals surface area contributed by atoms with Gasteiger partial charge in [0, 0.05) is 38.3 Å². The number of unbranched alkanes of at least 4 members (excludes halogenated alkanes) is 1. The second-order valence-electron chi connectivity index (χ2n) is 5.52. The SMILES string of the molecule is CCCCOCC(O)CN1CCNCC1(C)C. The molecule has 1 heterocycles. The van der Waals surface area contributed by atoms with Gasteiger partial charge in [-0.3, -0.25) is 4.90 Å². The van der Waals surface area contributed by atoms with Crippen molar-refractivity contribution >= 4 is 0 Å². The topological polar surface area (TPSA) is 44.7 Å². The van der Waals surface area contributed by atoms with Crippen LogP contribution in [0.2, 0.25) is 0 Å². The summed E-state index contributed by atoms with van der Waals surface area (Å²) in [7, 11) is 0. The number of nitrogens with one attached hydrogen (secondary N) is 1. The maximum absolute atomic E-state index is 9.95. The highest BCUT2D eigenvalue weighted by molar-refractivity contribution is 4.89. The van der Waals surface area contributed by atoms with Crippen LogP contribution in [0.5, 0.6) is 0 Å². The predicted molar refractivity (Wildman–Crippen MR) is 70.3 cm³/mol. The third-order valence-electron chi connectivity index (χ3n) is 3.36. The van der Waals surface area contributed by atoms with E-state index in [9.17, 15) is 5.11 Å². The summed E-state index contributed by atoms with van der Waals surface area (Å²) in [5.41, 5.74) is 0.128. The van der Waals surface area contributed by atoms with Crippen LogP contribution in [0, 0.1) is 0 Å². The van der Waals surface area contributed by atoms with E-state index in [1.54, 1.807) is 0 Å². The number of aliphatic hydroxyl groups excluding tert-OH is 1. The molecule has 0 radical (unpaired) electrons. The van der Waals surface area contributed by atoms with Gasteiger partial charge in [0.25, 0.3) is 0 Å². The van der Waals surface area contributed by atoms with E-state index >= 15 is 0 Å². The third kappa shape index (κ3) is 5.34. The lowest BCUT2D eigenvalue weighted by molar-refractivity contribution is -0.0123. The number of ether oxygens (including phenoxy) is 1. The van der Waals surface area contributed by atoms with Crippen molar-refractivity contribution in [2.24, 2.45) is 0 Å². The Hall–Kier alpha value is -0.160. The lowest BCUT2D eigenvalue weighted by Gasteiger charge is -2.43. The first-order valence-electron chi connectivity index (χ1n) is 6.78. The molecule has 17 heavy (non-hydrogen) atoms. The molecule has 1 atom stereocenters. The van der Waals surface area contributed by atoms with Gasteiger partial charge in [-0.1, -0.05) is 13.3 Å². The quantitative estimate of drug-likeness (QED) is 0.652. The lowest BCUT2D eigenvalue weighted by Crippen LogP contribution is -2.59. The minimum atomic E-state index is -0.371. The molecule has 1 aliphatic rings. The standard InChI is InChI=1S/C13H28N2O2/c1-4-5-8-17-10-12(16)9-15-7-6-14-11-13(15,2)3/h12,14,16H,4-11H2,1-3H3. The van der Waals surface area contributed by atoms with Crippen molar-refractivity contribution in [2.45, 2.75) is 45.3 Å². The molecule has 0 aromatic heterocycles. The maximum Gasteiger partial charge on any atom is 0.0900 e. The van der Waals surface area contributed by atoms with Crippen LogP contribution in [-0.2, 0) is 4.74 Å². The van der Waals surface area contributed by atoms with Gasteiger partial charge in [-0.2, -0.15) is 0 Å². The van der Waals surface area contributed by atoms with E-state index in [0.29, 0.717) is 13.2 Å². The fraction of sp³-hybridized carbons (Fsp3) is 1.00. The Labute approximate surface area is 105 Å². The summed E-state index contributed by atoms with van der Waals surface area (Å²) in [4.78, 5) is 2.34. The van der Waals surface area contributed by atoms with Gasteiger partial charge in [-0.15, -0.1) is 0 Å². The molecule has 2 N–H and O–H groups in total. The van der Waals surface area contributed by atoms with Crippen molar-refractivity contribution in [3.63, 3.8) is 0 Å². The van der Waals surface area contributed by atoms with Crippen LogP contribution in [-0.4, -0.2) is 61.0 Å². The van der Waals surface area contributed by atoms with Crippen LogP contribution in [0.4, 0.5) is 0 Å². The molecule has 4 nitrogen and oxygen atoms in total. The zero-order valence-corrected chi connectivity index (χ0v) is 11.5. The van der Waals surface area contributed by atoms with Gasteiger partial charge in [-0.05, 0) is 20.3 Å². The van der Waals surface area contributed by atoms with E-state index in [1.807, 2.05) is 0 Å². The number of rotatable bonds is 7. The molecule has 4 heteroatoms. The molecule has 0 aromatic carbocycles. The van der Waals surface area contributed by atoms with Gasteiger partial charge < -0.3 is 15.2 Å². The van der Waals surface area contributed by atoms with Gasteiger partial charge >= 0.3 is 0 Å². The fourth-order valence-electron chi connectivity index (χ4n) is 2.13. The Morgan fingerprint density at radius 2 is 2.24 bits per heavy atom. The highest BCUT2D eigenvalue weighted by Gasteiger charge is 2.30. The Kier molecular flexibility index (Phi) is 6.41. The summed E-state index contributed by atoms with van der Waals surface area (Å²) in [6.45, 7) is 11.5. The lowest BCUT2D eigenvalue weighted by atomic mass is 10.00. The molecule has 1 rings (SSSR count). The van der Waals surface area contributed by atoms with Gasteiger partial charge in [0.2, 0.25) is 0 Å². The number of aliphatic hydroxyl groups is 1. The van der Waals surface area contributed by atoms with E-state index in [1.165, 1.54) is 0 Å². The molecule has 0 aliphatic carbocycles. The maximum atomic E-state index is 9.95. The molecule has 1 unspecified atom stereocenters. The van der Waals surface area contributed by atoms with Crippen LogP contribution in [0.25, 0.3) is 0 Å². The number of nitrogens with zero attached hydrogens (tertiary/aromatic N) is 1. The van der Waals surface area contributed by atoms with Crippen LogP contribution in [0.1, 0.15) is 33.6 Å². The van der Waals surface area contributed by atoms with Crippen molar-refractivity contribution in [2.75, 3.05) is 39.4 Å². The molecule has 0 amide bonds. The van der Waals surface area contributed by atoms with E-state index in [-0.39, 0.29) is 11.6 Å². The van der Waals surface area contributed by atoms with Crippen molar-refractivity contribution in [3.8, 4) is 0 Å². The molecular weight excluding hydrogens is 216 g/mol. The number of hydrogen-bond acceptors (Lipinski definition) is 4. The first kappa shape index (κ1) is 14.9. The van der Waals surface area contributed by atoms with Crippen molar-refractivity contribution < 1.29 is 9.84 Å². The van der Waals surface area contributed by atoms with Crippen molar-refractivity contribution in [1.82, 2.24) is 10.2 Å². The summed E-state index contributed by atoms with van der Waals surface area (Å²) in [6.07, 6.45) is 1.84. The largest absolute Gasteiger partial charge is 0.389 e. The van der Waals surface area contributed by atoms with Gasteiger partial charge in [0.05, 0.1) is 12.7 Å². The second kappa shape index (κ2) is 7.31. The Morgan fingerprint density at radius 1 is 1.47 bits per heavy atom. The zero-order chi connectivity index (χ0) is 12.7. The summed E-state index contributed by atoms with van der Waals surface area (Å²) < 4.78 is 5.45.